The number of piperidine rings is 1. The van der Waals surface area contributed by atoms with Gasteiger partial charge in [-0.3, -0.25) is 0 Å². The third kappa shape index (κ3) is 2.80. The number of ether oxygens (including phenoxy) is 2. The Morgan fingerprint density at radius 2 is 2.00 bits per heavy atom. The van der Waals surface area contributed by atoms with E-state index in [1.165, 1.54) is 10.4 Å². The molecule has 2 saturated heterocycles. The molecule has 2 aliphatic heterocycles. The Morgan fingerprint density at radius 3 is 2.71 bits per heavy atom. The summed E-state index contributed by atoms with van der Waals surface area (Å²) in [5.74, 6) is -1.51. The van der Waals surface area contributed by atoms with Gasteiger partial charge < -0.3 is 9.47 Å². The van der Waals surface area contributed by atoms with Crippen molar-refractivity contribution in [2.75, 3.05) is 26.3 Å². The molecule has 0 atom stereocenters. The van der Waals surface area contributed by atoms with Crippen molar-refractivity contribution >= 4 is 21.6 Å². The predicted octanol–water partition coefficient (Wildman–Crippen LogP) is 2.01. The van der Waals surface area contributed by atoms with Gasteiger partial charge in [-0.2, -0.15) is 4.31 Å². The summed E-state index contributed by atoms with van der Waals surface area (Å²) in [6, 6.07) is 3.31. The summed E-state index contributed by atoms with van der Waals surface area (Å²) in [5, 5.41) is 0.00396. The third-order valence-electron chi connectivity index (χ3n) is 3.71. The fourth-order valence-electron chi connectivity index (χ4n) is 2.70. The summed E-state index contributed by atoms with van der Waals surface area (Å²) in [7, 11) is -3.88. The van der Waals surface area contributed by atoms with Crippen molar-refractivity contribution in [3.05, 3.63) is 29.0 Å². The molecule has 1 aromatic rings. The highest BCUT2D eigenvalue weighted by molar-refractivity contribution is 7.89. The van der Waals surface area contributed by atoms with Crippen molar-refractivity contribution in [2.45, 2.75) is 23.5 Å². The number of benzene rings is 1. The summed E-state index contributed by atoms with van der Waals surface area (Å²) in [5.41, 5.74) is 0. The first-order valence-electron chi connectivity index (χ1n) is 6.66. The molecule has 0 saturated carbocycles. The molecule has 0 aliphatic carbocycles. The van der Waals surface area contributed by atoms with Crippen LogP contribution < -0.4 is 0 Å². The summed E-state index contributed by atoms with van der Waals surface area (Å²) < 4.78 is 51.1. The molecule has 5 nitrogen and oxygen atoms in total. The zero-order valence-corrected chi connectivity index (χ0v) is 12.8. The fourth-order valence-corrected chi connectivity index (χ4v) is 4.70. The van der Waals surface area contributed by atoms with E-state index >= 15 is 0 Å². The van der Waals surface area contributed by atoms with Crippen LogP contribution in [0.25, 0.3) is 0 Å². The van der Waals surface area contributed by atoms with Crippen molar-refractivity contribution in [1.29, 1.82) is 0 Å². The second-order valence-electron chi connectivity index (χ2n) is 5.12. The van der Waals surface area contributed by atoms with Crippen molar-refractivity contribution in [1.82, 2.24) is 4.31 Å². The monoisotopic (exact) mass is 335 g/mol. The lowest BCUT2D eigenvalue weighted by molar-refractivity contribution is -0.179. The molecule has 2 fully saturated rings. The average molecular weight is 336 g/mol. The van der Waals surface area contributed by atoms with Gasteiger partial charge in [-0.1, -0.05) is 11.6 Å². The van der Waals surface area contributed by atoms with Gasteiger partial charge in [0.05, 0.1) is 24.8 Å². The average Bonchev–Trinajstić information content (AvgIpc) is 2.89. The normalized spacial score (nSPS) is 22.8. The highest BCUT2D eigenvalue weighted by Crippen LogP contribution is 2.34. The number of rotatable bonds is 2. The van der Waals surface area contributed by atoms with Gasteiger partial charge in [0.25, 0.3) is 0 Å². The smallest absolute Gasteiger partial charge is 0.244 e. The van der Waals surface area contributed by atoms with E-state index in [-0.39, 0.29) is 16.5 Å². The van der Waals surface area contributed by atoms with Crippen LogP contribution in [0.4, 0.5) is 4.39 Å². The summed E-state index contributed by atoms with van der Waals surface area (Å²) in [6.07, 6.45) is 1.27. The molecule has 116 valence electrons. The molecular weight excluding hydrogens is 321 g/mol. The van der Waals surface area contributed by atoms with Crippen molar-refractivity contribution in [2.24, 2.45) is 0 Å². The lowest BCUT2D eigenvalue weighted by atomic mass is 10.1. The highest BCUT2D eigenvalue weighted by atomic mass is 35.5. The van der Waals surface area contributed by atoms with Crippen LogP contribution in [0.1, 0.15) is 12.8 Å². The Balaban J connectivity index is 1.92. The van der Waals surface area contributed by atoms with E-state index in [4.69, 9.17) is 21.1 Å². The van der Waals surface area contributed by atoms with Gasteiger partial charge in [-0.25, -0.2) is 12.8 Å². The molecule has 0 unspecified atom stereocenters. The molecular formula is C13H15ClFNO4S. The van der Waals surface area contributed by atoms with Gasteiger partial charge in [0, 0.05) is 13.0 Å². The van der Waals surface area contributed by atoms with Crippen molar-refractivity contribution < 1.29 is 22.3 Å². The number of sulfonamides is 1. The van der Waals surface area contributed by atoms with E-state index in [1.807, 2.05) is 0 Å². The molecule has 1 spiro atoms. The van der Waals surface area contributed by atoms with Crippen LogP contribution in [-0.2, 0) is 19.5 Å². The van der Waals surface area contributed by atoms with Gasteiger partial charge >= 0.3 is 0 Å². The molecule has 8 heteroatoms. The molecule has 0 amide bonds. The van der Waals surface area contributed by atoms with E-state index in [9.17, 15) is 12.8 Å². The molecule has 1 aromatic carbocycles. The Hall–Kier alpha value is -0.730. The quantitative estimate of drug-likeness (QED) is 0.829. The zero-order valence-electron chi connectivity index (χ0n) is 11.2. The standard InChI is InChI=1S/C13H15ClFNO4S/c14-11-3-2-10(15)8-12(11)21(17,18)16-5-1-4-13(9-16)19-6-7-20-13/h2-3,8H,1,4-7,9H2. The topological polar surface area (TPSA) is 55.8 Å². The highest BCUT2D eigenvalue weighted by Gasteiger charge is 2.44. The summed E-state index contributed by atoms with van der Waals surface area (Å²) in [4.78, 5) is -0.223. The van der Waals surface area contributed by atoms with Crippen LogP contribution in [0.5, 0.6) is 0 Å². The lowest BCUT2D eigenvalue weighted by Crippen LogP contribution is -2.50. The van der Waals surface area contributed by atoms with E-state index in [1.54, 1.807) is 0 Å². The molecule has 0 bridgehead atoms. The van der Waals surface area contributed by atoms with Crippen molar-refractivity contribution in [3.63, 3.8) is 0 Å². The number of hydrogen-bond acceptors (Lipinski definition) is 4. The predicted molar refractivity (Wildman–Crippen MR) is 74.0 cm³/mol. The fraction of sp³-hybridized carbons (Fsp3) is 0.538. The molecule has 2 heterocycles. The first-order chi connectivity index (χ1) is 9.93. The minimum absolute atomic E-state index is 0.00396. The van der Waals surface area contributed by atoms with Crippen LogP contribution in [0.3, 0.4) is 0 Å². The summed E-state index contributed by atoms with van der Waals surface area (Å²) >= 11 is 5.92. The maximum Gasteiger partial charge on any atom is 0.244 e. The second-order valence-corrected chi connectivity index (χ2v) is 7.44. The molecule has 0 N–H and O–H groups in total. The van der Waals surface area contributed by atoms with Crippen LogP contribution in [0.2, 0.25) is 5.02 Å². The van der Waals surface area contributed by atoms with Gasteiger partial charge in [0.2, 0.25) is 10.0 Å². The van der Waals surface area contributed by atoms with Crippen LogP contribution >= 0.6 is 11.6 Å². The number of halogens is 2. The minimum atomic E-state index is -3.88. The molecule has 0 aromatic heterocycles. The summed E-state index contributed by atoms with van der Waals surface area (Å²) in [6.45, 7) is 1.34. The third-order valence-corrected chi connectivity index (χ3v) is 6.03. The van der Waals surface area contributed by atoms with E-state index in [0.29, 0.717) is 32.6 Å². The van der Waals surface area contributed by atoms with Gasteiger partial charge in [0.15, 0.2) is 5.79 Å². The molecule has 2 aliphatic rings. The lowest BCUT2D eigenvalue weighted by Gasteiger charge is -2.37. The van der Waals surface area contributed by atoms with E-state index < -0.39 is 21.6 Å². The van der Waals surface area contributed by atoms with E-state index in [0.717, 1.165) is 12.1 Å². The van der Waals surface area contributed by atoms with Crippen LogP contribution in [0.15, 0.2) is 23.1 Å². The maximum absolute atomic E-state index is 13.3. The Morgan fingerprint density at radius 1 is 1.29 bits per heavy atom. The SMILES string of the molecule is O=S(=O)(c1cc(F)ccc1Cl)N1CCCC2(C1)OCCO2. The number of hydrogen-bond donors (Lipinski definition) is 0. The van der Waals surface area contributed by atoms with Crippen LogP contribution in [0, 0.1) is 5.82 Å². The van der Waals surface area contributed by atoms with E-state index in [2.05, 4.69) is 0 Å². The Bertz CT molecular complexity index is 646. The van der Waals surface area contributed by atoms with Gasteiger partial charge in [-0.05, 0) is 24.6 Å². The van der Waals surface area contributed by atoms with Crippen LogP contribution in [-0.4, -0.2) is 44.8 Å². The van der Waals surface area contributed by atoms with Gasteiger partial charge in [-0.15, -0.1) is 0 Å². The van der Waals surface area contributed by atoms with Gasteiger partial charge in [0.1, 0.15) is 10.7 Å². The zero-order chi connectivity index (χ0) is 15.1. The Kier molecular flexibility index (Phi) is 3.96. The first kappa shape index (κ1) is 15.2. The Labute approximate surface area is 127 Å². The van der Waals surface area contributed by atoms with Crippen molar-refractivity contribution in [3.8, 4) is 0 Å². The number of nitrogens with zero attached hydrogens (tertiary/aromatic N) is 1. The second kappa shape index (κ2) is 5.48. The minimum Gasteiger partial charge on any atom is -0.346 e. The molecule has 21 heavy (non-hydrogen) atoms. The largest absolute Gasteiger partial charge is 0.346 e. The molecule has 0 radical (unpaired) electrons. The first-order valence-corrected chi connectivity index (χ1v) is 8.48. The maximum atomic E-state index is 13.3. The molecule has 3 rings (SSSR count).